The summed E-state index contributed by atoms with van der Waals surface area (Å²) in [4.78, 5) is 11.5. The van der Waals surface area contributed by atoms with Crippen LogP contribution in [0.1, 0.15) is 32.3 Å². The van der Waals surface area contributed by atoms with Gasteiger partial charge in [0.1, 0.15) is 0 Å². The van der Waals surface area contributed by atoms with Gasteiger partial charge in [0.2, 0.25) is 0 Å². The molecule has 0 aliphatic heterocycles. The third kappa shape index (κ3) is 4.61. The van der Waals surface area contributed by atoms with E-state index in [0.29, 0.717) is 12.2 Å². The Hall–Kier alpha value is -1.40. The first-order valence-electron chi connectivity index (χ1n) is 6.35. The van der Waals surface area contributed by atoms with Gasteiger partial charge in [-0.1, -0.05) is 12.1 Å². The summed E-state index contributed by atoms with van der Waals surface area (Å²) in [6.45, 7) is 3.62. The van der Waals surface area contributed by atoms with E-state index < -0.39 is 15.4 Å². The Morgan fingerprint density at radius 3 is 2.30 bits per heavy atom. The molecule has 112 valence electrons. The monoisotopic (exact) mass is 300 g/mol. The van der Waals surface area contributed by atoms with Crippen molar-refractivity contribution >= 4 is 15.8 Å². The van der Waals surface area contributed by atoms with Gasteiger partial charge in [-0.25, -0.2) is 8.42 Å². The largest absolute Gasteiger partial charge is 0.466 e. The van der Waals surface area contributed by atoms with Crippen LogP contribution in [-0.2, 0) is 25.0 Å². The van der Waals surface area contributed by atoms with Gasteiger partial charge in [-0.15, -0.1) is 0 Å². The zero-order chi connectivity index (χ0) is 15.4. The van der Waals surface area contributed by atoms with Crippen molar-refractivity contribution < 1.29 is 23.1 Å². The minimum atomic E-state index is -3.25. The minimum absolute atomic E-state index is 0.106. The molecule has 0 spiro atoms. The maximum Gasteiger partial charge on any atom is 0.305 e. The van der Waals surface area contributed by atoms with Crippen molar-refractivity contribution in [1.82, 2.24) is 0 Å². The van der Waals surface area contributed by atoms with Gasteiger partial charge in [0, 0.05) is 12.7 Å². The van der Waals surface area contributed by atoms with Crippen molar-refractivity contribution in [3.8, 4) is 0 Å². The van der Waals surface area contributed by atoms with Crippen LogP contribution >= 0.6 is 0 Å². The van der Waals surface area contributed by atoms with Crippen molar-refractivity contribution in [3.63, 3.8) is 0 Å². The van der Waals surface area contributed by atoms with E-state index in [9.17, 15) is 18.3 Å². The normalized spacial score (nSPS) is 14.6. The lowest BCUT2D eigenvalue weighted by Gasteiger charge is -2.23. The molecule has 1 aromatic carbocycles. The quantitative estimate of drug-likeness (QED) is 0.808. The summed E-state index contributed by atoms with van der Waals surface area (Å²) >= 11 is 0. The van der Waals surface area contributed by atoms with Crippen LogP contribution in [0.2, 0.25) is 0 Å². The average molecular weight is 300 g/mol. The fourth-order valence-electron chi connectivity index (χ4n) is 1.78. The Bertz CT molecular complexity index is 558. The number of hydrogen-bond donors (Lipinski definition) is 1. The molecule has 0 bridgehead atoms. The predicted octanol–water partition coefficient (Wildman–Crippen LogP) is 1.64. The van der Waals surface area contributed by atoms with Crippen LogP contribution in [0, 0.1) is 0 Å². The molecular weight excluding hydrogens is 280 g/mol. The van der Waals surface area contributed by atoms with Crippen LogP contribution in [0.4, 0.5) is 0 Å². The van der Waals surface area contributed by atoms with Crippen LogP contribution in [-0.4, -0.2) is 32.4 Å². The lowest BCUT2D eigenvalue weighted by atomic mass is 9.91. The van der Waals surface area contributed by atoms with Gasteiger partial charge in [0.25, 0.3) is 0 Å². The molecule has 0 aliphatic rings. The molecular formula is C14H20O5S. The number of carbonyl (C=O) groups excluding carboxylic acids is 1. The molecule has 0 aromatic heterocycles. The number of hydrogen-bond acceptors (Lipinski definition) is 5. The molecule has 5 nitrogen and oxygen atoms in total. The van der Waals surface area contributed by atoms with Crippen LogP contribution in [0.5, 0.6) is 0 Å². The summed E-state index contributed by atoms with van der Waals surface area (Å²) in [6.07, 6.45) is 1.44. The first-order valence-corrected chi connectivity index (χ1v) is 8.24. The van der Waals surface area contributed by atoms with Crippen LogP contribution < -0.4 is 0 Å². The highest BCUT2D eigenvalue weighted by Crippen LogP contribution is 2.27. The Balaban J connectivity index is 2.80. The van der Waals surface area contributed by atoms with Crippen molar-refractivity contribution in [2.45, 2.75) is 37.2 Å². The number of aliphatic hydroxyl groups is 1. The van der Waals surface area contributed by atoms with Gasteiger partial charge >= 0.3 is 5.97 Å². The second-order valence-electron chi connectivity index (χ2n) is 4.88. The second-order valence-corrected chi connectivity index (χ2v) is 6.89. The summed E-state index contributed by atoms with van der Waals surface area (Å²) in [5, 5.41) is 10.3. The van der Waals surface area contributed by atoms with Gasteiger partial charge in [-0.05, 0) is 38.0 Å². The Morgan fingerprint density at radius 1 is 1.30 bits per heavy atom. The Labute approximate surface area is 119 Å². The molecule has 0 heterocycles. The summed E-state index contributed by atoms with van der Waals surface area (Å²) in [7, 11) is -3.25. The number of sulfone groups is 1. The van der Waals surface area contributed by atoms with E-state index in [1.807, 2.05) is 0 Å². The first-order chi connectivity index (χ1) is 9.16. The van der Waals surface area contributed by atoms with Crippen LogP contribution in [0.25, 0.3) is 0 Å². The Kier molecular flexibility index (Phi) is 5.30. The minimum Gasteiger partial charge on any atom is -0.466 e. The molecule has 20 heavy (non-hydrogen) atoms. The maximum absolute atomic E-state index is 11.4. The third-order valence-corrected chi connectivity index (χ3v) is 4.15. The molecule has 0 saturated carbocycles. The van der Waals surface area contributed by atoms with E-state index >= 15 is 0 Å². The topological polar surface area (TPSA) is 80.7 Å². The SMILES string of the molecule is CCOC(=O)CCC(C)(O)c1ccc(S(C)(=O)=O)cc1. The van der Waals surface area contributed by atoms with Crippen LogP contribution in [0.3, 0.4) is 0 Å². The smallest absolute Gasteiger partial charge is 0.305 e. The van der Waals surface area contributed by atoms with E-state index in [-0.39, 0.29) is 23.7 Å². The maximum atomic E-state index is 11.4. The summed E-state index contributed by atoms with van der Waals surface area (Å²) in [5.74, 6) is -0.361. The molecule has 1 rings (SSSR count). The zero-order valence-electron chi connectivity index (χ0n) is 11.9. The average Bonchev–Trinajstić information content (AvgIpc) is 2.36. The van der Waals surface area contributed by atoms with Gasteiger partial charge in [0.15, 0.2) is 9.84 Å². The molecule has 0 radical (unpaired) electrons. The van der Waals surface area contributed by atoms with Crippen molar-refractivity contribution in [1.29, 1.82) is 0 Å². The van der Waals surface area contributed by atoms with Gasteiger partial charge in [0.05, 0.1) is 17.1 Å². The highest BCUT2D eigenvalue weighted by atomic mass is 32.2. The number of ether oxygens (including phenoxy) is 1. The molecule has 0 saturated heterocycles. The van der Waals surface area contributed by atoms with Gasteiger partial charge in [-0.2, -0.15) is 0 Å². The molecule has 1 unspecified atom stereocenters. The number of benzene rings is 1. The van der Waals surface area contributed by atoms with E-state index in [1.54, 1.807) is 26.0 Å². The fourth-order valence-corrected chi connectivity index (χ4v) is 2.41. The lowest BCUT2D eigenvalue weighted by molar-refractivity contribution is -0.144. The summed E-state index contributed by atoms with van der Waals surface area (Å²) in [6, 6.07) is 6.01. The van der Waals surface area contributed by atoms with E-state index in [1.165, 1.54) is 12.1 Å². The predicted molar refractivity (Wildman–Crippen MR) is 75.0 cm³/mol. The second kappa shape index (κ2) is 6.37. The van der Waals surface area contributed by atoms with Crippen molar-refractivity contribution in [2.75, 3.05) is 12.9 Å². The summed E-state index contributed by atoms with van der Waals surface area (Å²) in [5.41, 5.74) is -0.641. The van der Waals surface area contributed by atoms with Gasteiger partial charge < -0.3 is 9.84 Å². The molecule has 6 heteroatoms. The number of rotatable bonds is 6. The molecule has 1 atom stereocenters. The molecule has 0 amide bonds. The van der Waals surface area contributed by atoms with Crippen molar-refractivity contribution in [2.24, 2.45) is 0 Å². The highest BCUT2D eigenvalue weighted by Gasteiger charge is 2.24. The van der Waals surface area contributed by atoms with Gasteiger partial charge in [-0.3, -0.25) is 4.79 Å². The van der Waals surface area contributed by atoms with E-state index in [2.05, 4.69) is 0 Å². The van der Waals surface area contributed by atoms with Crippen molar-refractivity contribution in [3.05, 3.63) is 29.8 Å². The standard InChI is InChI=1S/C14H20O5S/c1-4-19-13(15)9-10-14(2,16)11-5-7-12(8-6-11)20(3,17)18/h5-8,16H,4,9-10H2,1-3H3. The first kappa shape index (κ1) is 16.7. The molecule has 1 aromatic rings. The van der Waals surface area contributed by atoms with E-state index in [4.69, 9.17) is 4.74 Å². The highest BCUT2D eigenvalue weighted by molar-refractivity contribution is 7.90. The molecule has 1 N–H and O–H groups in total. The lowest BCUT2D eigenvalue weighted by Crippen LogP contribution is -2.23. The molecule has 0 fully saturated rings. The Morgan fingerprint density at radius 2 is 1.85 bits per heavy atom. The molecule has 0 aliphatic carbocycles. The fraction of sp³-hybridized carbons (Fsp3) is 0.500. The van der Waals surface area contributed by atoms with E-state index in [0.717, 1.165) is 6.26 Å². The number of esters is 1. The van der Waals surface area contributed by atoms with Crippen LogP contribution in [0.15, 0.2) is 29.2 Å². The zero-order valence-corrected chi connectivity index (χ0v) is 12.7. The third-order valence-electron chi connectivity index (χ3n) is 3.03. The number of carbonyl (C=O) groups is 1. The summed E-state index contributed by atoms with van der Waals surface area (Å²) < 4.78 is 27.5.